The van der Waals surface area contributed by atoms with Crippen molar-refractivity contribution >= 4 is 29.4 Å². The molecule has 0 atom stereocenters. The number of rotatable bonds is 11. The van der Waals surface area contributed by atoms with E-state index in [1.54, 1.807) is 29.8 Å². The molecule has 0 spiro atoms. The number of hydrogen-bond donors (Lipinski definition) is 1. The Balaban J connectivity index is 1.22. The fourth-order valence-corrected chi connectivity index (χ4v) is 4.55. The second kappa shape index (κ2) is 11.5. The smallest absolute Gasteiger partial charge is 0.230 e. The number of carbonyl (C=O) groups is 1. The Morgan fingerprint density at radius 1 is 1.04 bits per heavy atom. The fourth-order valence-electron chi connectivity index (χ4n) is 3.05. The molecule has 1 aliphatic heterocycles. The monoisotopic (exact) mass is 408 g/mol. The van der Waals surface area contributed by atoms with Gasteiger partial charge in [-0.3, -0.25) is 9.69 Å². The van der Waals surface area contributed by atoms with Crippen LogP contribution in [0.5, 0.6) is 0 Å². The van der Waals surface area contributed by atoms with E-state index in [4.69, 9.17) is 8.83 Å². The predicted molar refractivity (Wildman–Crippen MR) is 112 cm³/mol. The van der Waals surface area contributed by atoms with E-state index in [0.717, 1.165) is 41.1 Å². The summed E-state index contributed by atoms with van der Waals surface area (Å²) in [7, 11) is 0. The molecule has 1 amide bonds. The molecule has 5 nitrogen and oxygen atoms in total. The molecular formula is C20H28N2O3S2. The highest BCUT2D eigenvalue weighted by atomic mass is 32.2. The Morgan fingerprint density at radius 2 is 1.85 bits per heavy atom. The molecule has 148 valence electrons. The minimum atomic E-state index is 0.0778. The molecule has 3 heterocycles. The van der Waals surface area contributed by atoms with Gasteiger partial charge in [-0.25, -0.2) is 0 Å². The van der Waals surface area contributed by atoms with Crippen molar-refractivity contribution in [2.75, 3.05) is 31.1 Å². The Labute approximate surface area is 169 Å². The summed E-state index contributed by atoms with van der Waals surface area (Å²) in [4.78, 5) is 14.3. The quantitative estimate of drug-likeness (QED) is 0.564. The van der Waals surface area contributed by atoms with Gasteiger partial charge >= 0.3 is 0 Å². The number of furan rings is 2. The molecule has 1 N–H and O–H groups in total. The van der Waals surface area contributed by atoms with E-state index in [2.05, 4.69) is 22.3 Å². The lowest BCUT2D eigenvalue weighted by molar-refractivity contribution is -0.118. The van der Waals surface area contributed by atoms with Gasteiger partial charge in [0.05, 0.1) is 30.1 Å². The molecule has 0 unspecified atom stereocenters. The number of hydrogen-bond acceptors (Lipinski definition) is 6. The maximum Gasteiger partial charge on any atom is 0.230 e. The zero-order valence-corrected chi connectivity index (χ0v) is 17.3. The molecule has 1 fully saturated rings. The molecule has 1 saturated heterocycles. The number of piperidine rings is 1. The van der Waals surface area contributed by atoms with Crippen LogP contribution < -0.4 is 5.32 Å². The second-order valence-electron chi connectivity index (χ2n) is 6.68. The largest absolute Gasteiger partial charge is 0.468 e. The zero-order valence-electron chi connectivity index (χ0n) is 15.7. The van der Waals surface area contributed by atoms with Crippen LogP contribution in [0.2, 0.25) is 0 Å². The third kappa shape index (κ3) is 7.68. The van der Waals surface area contributed by atoms with Gasteiger partial charge in [0.2, 0.25) is 5.91 Å². The van der Waals surface area contributed by atoms with Crippen LogP contribution >= 0.6 is 23.5 Å². The van der Waals surface area contributed by atoms with E-state index in [-0.39, 0.29) is 5.91 Å². The zero-order chi connectivity index (χ0) is 18.7. The molecule has 0 aliphatic carbocycles. The van der Waals surface area contributed by atoms with Gasteiger partial charge in [-0.1, -0.05) is 6.42 Å². The van der Waals surface area contributed by atoms with Gasteiger partial charge in [0, 0.05) is 12.3 Å². The molecule has 1 aliphatic rings. The number of thioether (sulfide) groups is 2. The molecule has 2 aromatic heterocycles. The van der Waals surface area contributed by atoms with Crippen LogP contribution in [-0.2, 0) is 22.8 Å². The average molecular weight is 409 g/mol. The van der Waals surface area contributed by atoms with Crippen molar-refractivity contribution in [3.63, 3.8) is 0 Å². The van der Waals surface area contributed by atoms with E-state index >= 15 is 0 Å². The normalized spacial score (nSPS) is 15.1. The van der Waals surface area contributed by atoms with Crippen LogP contribution in [-0.4, -0.2) is 41.9 Å². The number of amides is 1. The first-order chi connectivity index (χ1) is 13.3. The van der Waals surface area contributed by atoms with Gasteiger partial charge in [0.1, 0.15) is 17.3 Å². The molecule has 0 radical (unpaired) electrons. The Bertz CT molecular complexity index is 667. The van der Waals surface area contributed by atoms with Gasteiger partial charge in [0.25, 0.3) is 0 Å². The first kappa shape index (κ1) is 20.4. The molecule has 3 rings (SSSR count). The number of carbonyl (C=O) groups excluding carboxylic acids is 1. The summed E-state index contributed by atoms with van der Waals surface area (Å²) in [5.41, 5.74) is 0. The summed E-state index contributed by atoms with van der Waals surface area (Å²) in [6.45, 7) is 3.98. The molecular weight excluding hydrogens is 380 g/mol. The van der Waals surface area contributed by atoms with Gasteiger partial charge < -0.3 is 14.2 Å². The van der Waals surface area contributed by atoms with Crippen LogP contribution in [0.25, 0.3) is 0 Å². The molecule has 7 heteroatoms. The van der Waals surface area contributed by atoms with Gasteiger partial charge in [-0.2, -0.15) is 11.8 Å². The Kier molecular flexibility index (Phi) is 8.71. The maximum atomic E-state index is 11.8. The molecule has 2 aromatic rings. The van der Waals surface area contributed by atoms with Gasteiger partial charge in [0.15, 0.2) is 0 Å². The Hall–Kier alpha value is -1.31. The molecule has 0 aromatic carbocycles. The van der Waals surface area contributed by atoms with Crippen LogP contribution in [0.4, 0.5) is 0 Å². The van der Waals surface area contributed by atoms with E-state index in [9.17, 15) is 4.79 Å². The minimum Gasteiger partial charge on any atom is -0.468 e. The highest BCUT2D eigenvalue weighted by Crippen LogP contribution is 2.18. The minimum absolute atomic E-state index is 0.0778. The first-order valence-corrected chi connectivity index (χ1v) is 11.8. The van der Waals surface area contributed by atoms with Gasteiger partial charge in [-0.15, -0.1) is 11.8 Å². The fraction of sp³-hybridized carbons (Fsp3) is 0.550. The van der Waals surface area contributed by atoms with Crippen molar-refractivity contribution in [3.8, 4) is 0 Å². The van der Waals surface area contributed by atoms with Crippen molar-refractivity contribution in [3.05, 3.63) is 47.8 Å². The molecule has 0 saturated carbocycles. The van der Waals surface area contributed by atoms with Crippen molar-refractivity contribution in [1.29, 1.82) is 0 Å². The summed E-state index contributed by atoms with van der Waals surface area (Å²) in [6.07, 6.45) is 5.62. The van der Waals surface area contributed by atoms with E-state index < -0.39 is 0 Å². The third-order valence-corrected chi connectivity index (χ3v) is 6.35. The van der Waals surface area contributed by atoms with Crippen LogP contribution in [0.3, 0.4) is 0 Å². The van der Waals surface area contributed by atoms with Crippen molar-refractivity contribution in [2.45, 2.75) is 37.3 Å². The van der Waals surface area contributed by atoms with Crippen molar-refractivity contribution in [2.24, 2.45) is 0 Å². The summed E-state index contributed by atoms with van der Waals surface area (Å²) in [6, 6.07) is 7.97. The van der Waals surface area contributed by atoms with E-state index in [1.165, 1.54) is 32.4 Å². The summed E-state index contributed by atoms with van der Waals surface area (Å²) in [5.74, 6) is 5.99. The second-order valence-corrected chi connectivity index (χ2v) is 8.77. The highest BCUT2D eigenvalue weighted by molar-refractivity contribution is 7.99. The third-order valence-electron chi connectivity index (χ3n) is 4.42. The Morgan fingerprint density at radius 3 is 2.67 bits per heavy atom. The standard InChI is InChI=1S/C20H28N2O3S2/c23-20(16-27-14-18-5-4-11-24-18)21-8-12-26-15-19-7-6-17(25-19)13-22-9-2-1-3-10-22/h4-7,11H,1-3,8-10,12-16H2,(H,21,23). The lowest BCUT2D eigenvalue weighted by Crippen LogP contribution is -2.28. The predicted octanol–water partition coefficient (Wildman–Crippen LogP) is 4.14. The topological polar surface area (TPSA) is 58.6 Å². The molecule has 0 bridgehead atoms. The van der Waals surface area contributed by atoms with Crippen LogP contribution in [0.15, 0.2) is 39.4 Å². The van der Waals surface area contributed by atoms with E-state index in [0.29, 0.717) is 12.3 Å². The number of nitrogens with zero attached hydrogens (tertiary/aromatic N) is 1. The van der Waals surface area contributed by atoms with E-state index in [1.807, 2.05) is 12.1 Å². The lowest BCUT2D eigenvalue weighted by Gasteiger charge is -2.25. The summed E-state index contributed by atoms with van der Waals surface area (Å²) < 4.78 is 11.2. The first-order valence-electron chi connectivity index (χ1n) is 9.54. The average Bonchev–Trinajstić information content (AvgIpc) is 3.34. The summed E-state index contributed by atoms with van der Waals surface area (Å²) >= 11 is 3.35. The number of likely N-dealkylation sites (tertiary alicyclic amines) is 1. The SMILES string of the molecule is O=C(CSCc1ccco1)NCCSCc1ccc(CN2CCCCC2)o1. The summed E-state index contributed by atoms with van der Waals surface area (Å²) in [5, 5.41) is 2.96. The lowest BCUT2D eigenvalue weighted by atomic mass is 10.1. The van der Waals surface area contributed by atoms with Gasteiger partial charge in [-0.05, 0) is 50.2 Å². The van der Waals surface area contributed by atoms with Crippen molar-refractivity contribution < 1.29 is 13.6 Å². The van der Waals surface area contributed by atoms with Crippen molar-refractivity contribution in [1.82, 2.24) is 10.2 Å². The number of nitrogens with one attached hydrogen (secondary N) is 1. The highest BCUT2D eigenvalue weighted by Gasteiger charge is 2.12. The maximum absolute atomic E-state index is 11.8. The van der Waals surface area contributed by atoms with Crippen LogP contribution in [0, 0.1) is 0 Å². The molecule has 27 heavy (non-hydrogen) atoms. The van der Waals surface area contributed by atoms with Crippen LogP contribution in [0.1, 0.15) is 36.5 Å².